The van der Waals surface area contributed by atoms with Gasteiger partial charge in [-0.05, 0) is 64.7 Å². The van der Waals surface area contributed by atoms with Crippen LogP contribution in [0.1, 0.15) is 44.7 Å². The van der Waals surface area contributed by atoms with Crippen LogP contribution >= 0.6 is 0 Å². The summed E-state index contributed by atoms with van der Waals surface area (Å²) in [7, 11) is 0. The Kier molecular flexibility index (Phi) is 4.22. The summed E-state index contributed by atoms with van der Waals surface area (Å²) in [4.78, 5) is 21.2. The van der Waals surface area contributed by atoms with Crippen LogP contribution in [0.2, 0.25) is 0 Å². The van der Waals surface area contributed by atoms with Crippen LogP contribution in [0.4, 0.5) is 10.6 Å². The molecule has 1 spiro atoms. The van der Waals surface area contributed by atoms with Crippen LogP contribution in [0.25, 0.3) is 0 Å². The first-order chi connectivity index (χ1) is 11.2. The van der Waals surface area contributed by atoms with E-state index in [0.29, 0.717) is 0 Å². The molecule has 2 aliphatic heterocycles. The lowest BCUT2D eigenvalue weighted by Gasteiger charge is -2.27. The summed E-state index contributed by atoms with van der Waals surface area (Å²) in [6.45, 7) is 13.5. The van der Waals surface area contributed by atoms with Gasteiger partial charge in [0.25, 0.3) is 0 Å². The van der Waals surface area contributed by atoms with Crippen molar-refractivity contribution in [2.45, 2.75) is 53.1 Å². The van der Waals surface area contributed by atoms with Crippen LogP contribution < -0.4 is 4.90 Å². The maximum Gasteiger partial charge on any atom is 0.410 e. The highest BCUT2D eigenvalue weighted by Gasteiger charge is 2.45. The molecule has 0 bridgehead atoms. The zero-order chi connectivity index (χ0) is 17.5. The van der Waals surface area contributed by atoms with E-state index in [9.17, 15) is 4.79 Å². The van der Waals surface area contributed by atoms with Crippen molar-refractivity contribution in [3.8, 4) is 0 Å². The van der Waals surface area contributed by atoms with Gasteiger partial charge >= 0.3 is 6.09 Å². The molecule has 1 unspecified atom stereocenters. The van der Waals surface area contributed by atoms with Crippen molar-refractivity contribution in [1.29, 1.82) is 0 Å². The molecule has 1 atom stereocenters. The number of amides is 1. The van der Waals surface area contributed by atoms with Gasteiger partial charge in [-0.15, -0.1) is 0 Å². The third kappa shape index (κ3) is 3.50. The predicted octanol–water partition coefficient (Wildman–Crippen LogP) is 3.54. The number of ether oxygens (including phenoxy) is 1. The van der Waals surface area contributed by atoms with E-state index in [1.54, 1.807) is 0 Å². The van der Waals surface area contributed by atoms with Crippen molar-refractivity contribution < 1.29 is 9.53 Å². The molecule has 3 heterocycles. The molecule has 132 valence electrons. The number of hydrogen-bond acceptors (Lipinski definition) is 4. The minimum atomic E-state index is -0.433. The van der Waals surface area contributed by atoms with Gasteiger partial charge in [-0.1, -0.05) is 0 Å². The molecule has 2 saturated heterocycles. The van der Waals surface area contributed by atoms with Gasteiger partial charge in [0, 0.05) is 37.8 Å². The van der Waals surface area contributed by atoms with E-state index in [1.165, 1.54) is 11.1 Å². The molecule has 5 heteroatoms. The summed E-state index contributed by atoms with van der Waals surface area (Å²) in [5.74, 6) is 1.06. The number of anilines is 1. The average molecular weight is 331 g/mol. The molecule has 1 aromatic rings. The Morgan fingerprint density at radius 2 is 1.88 bits per heavy atom. The lowest BCUT2D eigenvalue weighted by atomic mass is 9.86. The summed E-state index contributed by atoms with van der Waals surface area (Å²) >= 11 is 0. The lowest BCUT2D eigenvalue weighted by molar-refractivity contribution is 0.0276. The summed E-state index contributed by atoms with van der Waals surface area (Å²) < 4.78 is 5.53. The van der Waals surface area contributed by atoms with E-state index in [2.05, 4.69) is 29.8 Å². The highest BCUT2D eigenvalue weighted by atomic mass is 16.6. The van der Waals surface area contributed by atoms with Crippen molar-refractivity contribution in [3.63, 3.8) is 0 Å². The second kappa shape index (κ2) is 5.94. The standard InChI is InChI=1S/C19H29N3O2/c1-14-10-16(20-11-15(14)2)21-8-6-19(12-21)7-9-22(13-19)17(23)24-18(3,4)5/h10-11H,6-9,12-13H2,1-5H3. The Balaban J connectivity index is 1.65. The molecular weight excluding hydrogens is 302 g/mol. The van der Waals surface area contributed by atoms with Crippen LogP contribution in [0, 0.1) is 19.3 Å². The van der Waals surface area contributed by atoms with E-state index >= 15 is 0 Å². The fourth-order valence-corrected chi connectivity index (χ4v) is 3.66. The number of aromatic nitrogens is 1. The minimum absolute atomic E-state index is 0.179. The van der Waals surface area contributed by atoms with E-state index in [1.807, 2.05) is 31.9 Å². The maximum absolute atomic E-state index is 12.3. The Morgan fingerprint density at radius 1 is 1.17 bits per heavy atom. The first kappa shape index (κ1) is 17.1. The largest absolute Gasteiger partial charge is 0.444 e. The Labute approximate surface area is 145 Å². The third-order valence-electron chi connectivity index (χ3n) is 5.21. The zero-order valence-corrected chi connectivity index (χ0v) is 15.6. The zero-order valence-electron chi connectivity index (χ0n) is 15.6. The van der Waals surface area contributed by atoms with E-state index in [0.717, 1.165) is 44.8 Å². The number of nitrogens with zero attached hydrogens (tertiary/aromatic N) is 3. The first-order valence-corrected chi connectivity index (χ1v) is 8.84. The van der Waals surface area contributed by atoms with Crippen molar-refractivity contribution in [2.75, 3.05) is 31.1 Å². The van der Waals surface area contributed by atoms with Crippen LogP contribution in [-0.4, -0.2) is 47.8 Å². The highest BCUT2D eigenvalue weighted by molar-refractivity contribution is 5.68. The molecule has 1 aromatic heterocycles. The van der Waals surface area contributed by atoms with Gasteiger partial charge in [0.2, 0.25) is 0 Å². The van der Waals surface area contributed by atoms with Gasteiger partial charge in [0.15, 0.2) is 0 Å². The quantitative estimate of drug-likeness (QED) is 0.790. The fourth-order valence-electron chi connectivity index (χ4n) is 3.66. The van der Waals surface area contributed by atoms with Crippen molar-refractivity contribution in [3.05, 3.63) is 23.4 Å². The van der Waals surface area contributed by atoms with E-state index in [4.69, 9.17) is 4.74 Å². The molecular formula is C19H29N3O2. The van der Waals surface area contributed by atoms with Crippen molar-refractivity contribution in [1.82, 2.24) is 9.88 Å². The third-order valence-corrected chi connectivity index (χ3v) is 5.21. The number of carbonyl (C=O) groups excluding carboxylic acids is 1. The van der Waals surface area contributed by atoms with Crippen LogP contribution in [-0.2, 0) is 4.74 Å². The normalized spacial score (nSPS) is 24.0. The smallest absolute Gasteiger partial charge is 0.410 e. The Hall–Kier alpha value is -1.78. The number of carbonyl (C=O) groups is 1. The summed E-state index contributed by atoms with van der Waals surface area (Å²) in [6, 6.07) is 2.18. The SMILES string of the molecule is Cc1cnc(N2CCC3(CCN(C(=O)OC(C)(C)C)C3)C2)cc1C. The molecule has 5 nitrogen and oxygen atoms in total. The van der Waals surface area contributed by atoms with E-state index in [-0.39, 0.29) is 11.5 Å². The van der Waals surface area contributed by atoms with Gasteiger partial charge in [-0.25, -0.2) is 9.78 Å². The summed E-state index contributed by atoms with van der Waals surface area (Å²) in [5, 5.41) is 0. The van der Waals surface area contributed by atoms with Crippen molar-refractivity contribution >= 4 is 11.9 Å². The van der Waals surface area contributed by atoms with Crippen molar-refractivity contribution in [2.24, 2.45) is 5.41 Å². The molecule has 3 rings (SSSR count). The highest BCUT2D eigenvalue weighted by Crippen LogP contribution is 2.41. The van der Waals surface area contributed by atoms with Gasteiger partial charge < -0.3 is 14.5 Å². The van der Waals surface area contributed by atoms with Crippen LogP contribution in [0.3, 0.4) is 0 Å². The number of likely N-dealkylation sites (tertiary alicyclic amines) is 1. The molecule has 0 saturated carbocycles. The van der Waals surface area contributed by atoms with Crippen LogP contribution in [0.15, 0.2) is 12.3 Å². The van der Waals surface area contributed by atoms with E-state index < -0.39 is 5.60 Å². The monoisotopic (exact) mass is 331 g/mol. The summed E-state index contributed by atoms with van der Waals surface area (Å²) in [5.41, 5.74) is 2.27. The molecule has 0 N–H and O–H groups in total. The number of aryl methyl sites for hydroxylation is 2. The molecule has 1 amide bonds. The number of pyridine rings is 1. The molecule has 0 aliphatic carbocycles. The first-order valence-electron chi connectivity index (χ1n) is 8.84. The topological polar surface area (TPSA) is 45.7 Å². The molecule has 0 aromatic carbocycles. The number of hydrogen-bond donors (Lipinski definition) is 0. The van der Waals surface area contributed by atoms with Crippen LogP contribution in [0.5, 0.6) is 0 Å². The number of rotatable bonds is 1. The molecule has 2 fully saturated rings. The second-order valence-electron chi connectivity index (χ2n) is 8.45. The summed E-state index contributed by atoms with van der Waals surface area (Å²) in [6.07, 6.45) is 3.94. The maximum atomic E-state index is 12.3. The molecule has 0 radical (unpaired) electrons. The van der Waals surface area contributed by atoms with Gasteiger partial charge in [0.1, 0.15) is 11.4 Å². The molecule has 24 heavy (non-hydrogen) atoms. The lowest BCUT2D eigenvalue weighted by Crippen LogP contribution is -2.37. The van der Waals surface area contributed by atoms with Gasteiger partial charge in [-0.3, -0.25) is 0 Å². The Morgan fingerprint density at radius 3 is 2.54 bits per heavy atom. The average Bonchev–Trinajstić information content (AvgIpc) is 3.08. The fraction of sp³-hybridized carbons (Fsp3) is 0.684. The second-order valence-corrected chi connectivity index (χ2v) is 8.45. The Bertz CT molecular complexity index is 638. The molecule has 2 aliphatic rings. The minimum Gasteiger partial charge on any atom is -0.444 e. The van der Waals surface area contributed by atoms with Gasteiger partial charge in [0.05, 0.1) is 0 Å². The van der Waals surface area contributed by atoms with Gasteiger partial charge in [-0.2, -0.15) is 0 Å². The predicted molar refractivity (Wildman–Crippen MR) is 95.4 cm³/mol.